The highest BCUT2D eigenvalue weighted by Crippen LogP contribution is 2.43. The van der Waals surface area contributed by atoms with Crippen molar-refractivity contribution >= 4 is 45.2 Å². The van der Waals surface area contributed by atoms with E-state index in [9.17, 15) is 9.59 Å². The molecule has 0 aliphatic carbocycles. The lowest BCUT2D eigenvalue weighted by molar-refractivity contribution is -0.128. The fourth-order valence-corrected chi connectivity index (χ4v) is 6.47. The number of thiophene rings is 1. The molecule has 8 nitrogen and oxygen atoms in total. The molecule has 0 saturated carbocycles. The largest absolute Gasteiger partial charge is 0.493 e. The van der Waals surface area contributed by atoms with Gasteiger partial charge in [0.2, 0.25) is 0 Å². The summed E-state index contributed by atoms with van der Waals surface area (Å²) in [7, 11) is 6.25. The fourth-order valence-electron chi connectivity index (χ4n) is 5.73. The molecule has 0 spiro atoms. The van der Waals surface area contributed by atoms with E-state index in [0.717, 1.165) is 10.4 Å². The maximum absolute atomic E-state index is 13.4. The number of carbonyl (C=O) groups excluding carboxylic acids is 2. The Bertz CT molecular complexity index is 2110. The average molecular weight is 593 g/mol. The second-order valence-electron chi connectivity index (χ2n) is 9.82. The molecule has 1 aromatic heterocycles. The van der Waals surface area contributed by atoms with E-state index in [1.807, 2.05) is 47.8 Å². The molecular formula is C34H24O8S. The highest BCUT2D eigenvalue weighted by Gasteiger charge is 2.31. The van der Waals surface area contributed by atoms with E-state index < -0.39 is 11.9 Å². The zero-order valence-corrected chi connectivity index (χ0v) is 24.4. The Kier molecular flexibility index (Phi) is 6.32. The molecular weight excluding hydrogens is 568 g/mol. The van der Waals surface area contributed by atoms with E-state index in [0.29, 0.717) is 78.0 Å². The van der Waals surface area contributed by atoms with Crippen LogP contribution in [0, 0.1) is 0 Å². The van der Waals surface area contributed by atoms with Gasteiger partial charge >= 0.3 is 11.9 Å². The molecule has 0 bridgehead atoms. The maximum Gasteiger partial charge on any atom is 0.344 e. The van der Waals surface area contributed by atoms with E-state index in [1.165, 1.54) is 0 Å². The number of hydrogen-bond donors (Lipinski definition) is 0. The van der Waals surface area contributed by atoms with Crippen LogP contribution in [0.4, 0.5) is 0 Å². The smallest absolute Gasteiger partial charge is 0.344 e. The van der Waals surface area contributed by atoms with Gasteiger partial charge in [0.05, 0.1) is 39.6 Å². The van der Waals surface area contributed by atoms with Gasteiger partial charge in [-0.15, -0.1) is 11.3 Å². The van der Waals surface area contributed by atoms with Gasteiger partial charge in [0.1, 0.15) is 11.5 Å². The topological polar surface area (TPSA) is 89.5 Å². The monoisotopic (exact) mass is 592 g/mol. The van der Waals surface area contributed by atoms with E-state index in [4.69, 9.17) is 28.4 Å². The first-order valence-electron chi connectivity index (χ1n) is 13.3. The normalized spacial score (nSPS) is 13.5. The second-order valence-corrected chi connectivity index (χ2v) is 10.8. The summed E-state index contributed by atoms with van der Waals surface area (Å²) in [5.41, 5.74) is 2.91. The van der Waals surface area contributed by atoms with Gasteiger partial charge in [-0.2, -0.15) is 0 Å². The molecule has 0 N–H and O–H groups in total. The number of carbonyl (C=O) groups is 2. The number of benzene rings is 4. The number of hydrogen-bond acceptors (Lipinski definition) is 9. The zero-order chi connectivity index (χ0) is 29.8. The van der Waals surface area contributed by atoms with Crippen LogP contribution in [0.15, 0.2) is 72.1 Å². The molecule has 7 rings (SSSR count). The van der Waals surface area contributed by atoms with Crippen LogP contribution in [0.3, 0.4) is 0 Å². The Morgan fingerprint density at radius 1 is 0.605 bits per heavy atom. The molecule has 0 fully saturated rings. The standard InChI is InChI=1S/C34H24O8S/c1-37-24-12-7-17(15-25(24)38-2)28-21-10-8-20-19(30(21)41-33(28)35)9-11-22-29(34(36)42-31(20)22)18-14-23(27-6-5-13-43-27)32(40-4)26(16-18)39-3/h5-16H,1-4H3. The van der Waals surface area contributed by atoms with E-state index >= 15 is 0 Å². The third-order valence-corrected chi connectivity index (χ3v) is 8.57. The number of esters is 2. The quantitative estimate of drug-likeness (QED) is 0.196. The Morgan fingerprint density at radius 3 is 1.77 bits per heavy atom. The van der Waals surface area contributed by atoms with Gasteiger partial charge in [0.15, 0.2) is 23.0 Å². The lowest BCUT2D eigenvalue weighted by Gasteiger charge is -2.14. The van der Waals surface area contributed by atoms with Crippen molar-refractivity contribution in [2.24, 2.45) is 0 Å². The van der Waals surface area contributed by atoms with Gasteiger partial charge in [0, 0.05) is 31.7 Å². The first kappa shape index (κ1) is 26.6. The van der Waals surface area contributed by atoms with Crippen LogP contribution >= 0.6 is 11.3 Å². The third-order valence-electron chi connectivity index (χ3n) is 7.66. The molecule has 0 amide bonds. The Labute approximate surface area is 249 Å². The summed E-state index contributed by atoms with van der Waals surface area (Å²) in [6.07, 6.45) is 0. The van der Waals surface area contributed by atoms with Crippen molar-refractivity contribution in [2.75, 3.05) is 28.4 Å². The second kappa shape index (κ2) is 10.2. The third kappa shape index (κ3) is 4.04. The molecule has 5 aromatic rings. The van der Waals surface area contributed by atoms with Gasteiger partial charge in [-0.25, -0.2) is 9.59 Å². The first-order valence-corrected chi connectivity index (χ1v) is 14.2. The summed E-state index contributed by atoms with van der Waals surface area (Å²) >= 11 is 1.56. The predicted molar refractivity (Wildman–Crippen MR) is 162 cm³/mol. The van der Waals surface area contributed by atoms with Crippen molar-refractivity contribution in [2.45, 2.75) is 0 Å². The van der Waals surface area contributed by atoms with Gasteiger partial charge in [-0.3, -0.25) is 0 Å². The number of rotatable bonds is 7. The van der Waals surface area contributed by atoms with Crippen LogP contribution in [-0.4, -0.2) is 40.4 Å². The number of fused-ring (bicyclic) bond motifs is 5. The maximum atomic E-state index is 13.4. The van der Waals surface area contributed by atoms with Crippen LogP contribution < -0.4 is 38.9 Å². The summed E-state index contributed by atoms with van der Waals surface area (Å²) in [4.78, 5) is 27.5. The summed E-state index contributed by atoms with van der Waals surface area (Å²) in [6.45, 7) is 0. The zero-order valence-electron chi connectivity index (χ0n) is 23.6. The van der Waals surface area contributed by atoms with E-state index in [-0.39, 0.29) is 0 Å². The van der Waals surface area contributed by atoms with Gasteiger partial charge in [-0.05, 0) is 71.1 Å². The first-order chi connectivity index (χ1) is 21.0. The molecule has 3 heterocycles. The van der Waals surface area contributed by atoms with E-state index in [1.54, 1.807) is 64.0 Å². The van der Waals surface area contributed by atoms with Gasteiger partial charge in [-0.1, -0.05) is 12.1 Å². The molecule has 9 heteroatoms. The van der Waals surface area contributed by atoms with Crippen LogP contribution in [0.5, 0.6) is 34.5 Å². The molecule has 0 atom stereocenters. The lowest BCUT2D eigenvalue weighted by Crippen LogP contribution is -2.08. The van der Waals surface area contributed by atoms with Gasteiger partial charge < -0.3 is 28.4 Å². The molecule has 4 aromatic carbocycles. The van der Waals surface area contributed by atoms with E-state index in [2.05, 4.69) is 0 Å². The van der Waals surface area contributed by atoms with Crippen LogP contribution in [0.25, 0.3) is 32.4 Å². The average Bonchev–Trinajstić information content (AvgIpc) is 3.76. The van der Waals surface area contributed by atoms with Crippen LogP contribution in [0.1, 0.15) is 11.1 Å². The van der Waals surface area contributed by atoms with Crippen molar-refractivity contribution in [1.82, 2.24) is 0 Å². The predicted octanol–water partition coefficient (Wildman–Crippen LogP) is 4.84. The minimum absolute atomic E-state index is 0.406. The molecule has 2 aliphatic rings. The Balaban J connectivity index is 1.43. The molecule has 214 valence electrons. The van der Waals surface area contributed by atoms with Crippen molar-refractivity contribution in [1.29, 1.82) is 0 Å². The summed E-state index contributed by atoms with van der Waals surface area (Å²) < 4.78 is 33.8. The molecule has 2 aliphatic heterocycles. The van der Waals surface area contributed by atoms with Crippen LogP contribution in [-0.2, 0) is 9.59 Å². The number of methoxy groups -OCH3 is 4. The molecule has 0 saturated heterocycles. The minimum atomic E-state index is -0.484. The SMILES string of the molecule is COc1ccc(C2=c3ccc4c5c(ccc4c3OC2=O)=C(c2cc(OC)c(OC)c(-c3cccs3)c2)C(=O)O5)cc1OC. The highest BCUT2D eigenvalue weighted by atomic mass is 32.1. The molecule has 0 unspecified atom stereocenters. The van der Waals surface area contributed by atoms with Gasteiger partial charge in [0.25, 0.3) is 0 Å². The fraction of sp³-hybridized carbons (Fsp3) is 0.118. The Morgan fingerprint density at radius 2 is 1.21 bits per heavy atom. The van der Waals surface area contributed by atoms with Crippen molar-refractivity contribution in [3.63, 3.8) is 0 Å². The highest BCUT2D eigenvalue weighted by molar-refractivity contribution is 7.13. The Hall–Kier alpha value is -5.28. The number of ether oxygens (including phenoxy) is 6. The van der Waals surface area contributed by atoms with Crippen molar-refractivity contribution in [3.8, 4) is 44.9 Å². The minimum Gasteiger partial charge on any atom is -0.493 e. The molecule has 0 radical (unpaired) electrons. The van der Waals surface area contributed by atoms with Crippen LogP contribution in [0.2, 0.25) is 0 Å². The lowest BCUT2D eigenvalue weighted by atomic mass is 9.97. The summed E-state index contributed by atoms with van der Waals surface area (Å²) in [5.74, 6) is 1.99. The van der Waals surface area contributed by atoms with Crippen molar-refractivity contribution < 1.29 is 38.0 Å². The molecule has 43 heavy (non-hydrogen) atoms. The summed E-state index contributed by atoms with van der Waals surface area (Å²) in [5, 5.41) is 4.56. The van der Waals surface area contributed by atoms with Crippen molar-refractivity contribution in [3.05, 3.63) is 93.7 Å². The summed E-state index contributed by atoms with van der Waals surface area (Å²) in [6, 6.07) is 20.2.